The molecule has 0 heterocycles. The maximum atomic E-state index is 12.0. The van der Waals surface area contributed by atoms with Crippen LogP contribution >= 0.6 is 11.8 Å². The average molecular weight is 259 g/mol. The lowest BCUT2D eigenvalue weighted by Gasteiger charge is -2.23. The van der Waals surface area contributed by atoms with Crippen LogP contribution in [0.25, 0.3) is 0 Å². The Balaban J connectivity index is 2.51. The number of carboxylic acids is 1. The maximum absolute atomic E-state index is 12.0. The Kier molecular flexibility index (Phi) is 4.99. The molecule has 0 bridgehead atoms. The first-order valence-corrected chi connectivity index (χ1v) is 6.56. The maximum Gasteiger partial charge on any atom is 0.323 e. The third-order valence-electron chi connectivity index (χ3n) is 2.53. The number of carbonyl (C=O) groups is 3. The minimum Gasteiger partial charge on any atom is -0.480 e. The first-order valence-electron chi connectivity index (χ1n) is 5.57. The van der Waals surface area contributed by atoms with Gasteiger partial charge in [0.15, 0.2) is 5.12 Å². The molecule has 0 aromatic heterocycles. The summed E-state index contributed by atoms with van der Waals surface area (Å²) in [7, 11) is 0. The van der Waals surface area contributed by atoms with E-state index in [0.717, 1.165) is 24.6 Å². The Morgan fingerprint density at radius 1 is 1.41 bits per heavy atom. The monoisotopic (exact) mass is 259 g/mol. The quantitative estimate of drug-likeness (QED) is 0.769. The average Bonchev–Trinajstić information content (AvgIpc) is 3.04. The van der Waals surface area contributed by atoms with Gasteiger partial charge in [-0.2, -0.15) is 0 Å². The highest BCUT2D eigenvalue weighted by Gasteiger charge is 2.35. The fourth-order valence-corrected chi connectivity index (χ4v) is 2.14. The van der Waals surface area contributed by atoms with Crippen LogP contribution in [0.2, 0.25) is 0 Å². The van der Waals surface area contributed by atoms with Crippen molar-refractivity contribution >= 4 is 28.8 Å². The van der Waals surface area contributed by atoms with Crippen molar-refractivity contribution in [3.8, 4) is 0 Å². The molecule has 0 aromatic rings. The van der Waals surface area contributed by atoms with Gasteiger partial charge in [0.05, 0.1) is 0 Å². The number of thioether (sulfide) groups is 1. The molecular weight excluding hydrogens is 242 g/mol. The Morgan fingerprint density at radius 2 is 2.00 bits per heavy atom. The van der Waals surface area contributed by atoms with Gasteiger partial charge in [-0.15, -0.1) is 0 Å². The van der Waals surface area contributed by atoms with E-state index in [2.05, 4.69) is 0 Å². The van der Waals surface area contributed by atoms with Crippen molar-refractivity contribution in [3.05, 3.63) is 0 Å². The van der Waals surface area contributed by atoms with E-state index in [1.807, 2.05) is 0 Å². The molecule has 1 aliphatic carbocycles. The van der Waals surface area contributed by atoms with Crippen LogP contribution in [0.1, 0.15) is 26.7 Å². The van der Waals surface area contributed by atoms with Gasteiger partial charge >= 0.3 is 5.97 Å². The first kappa shape index (κ1) is 14.0. The summed E-state index contributed by atoms with van der Waals surface area (Å²) in [6.45, 7) is 2.95. The third kappa shape index (κ3) is 4.77. The summed E-state index contributed by atoms with van der Waals surface area (Å²) < 4.78 is 0. The fourth-order valence-electron chi connectivity index (χ4n) is 1.52. The number of carbonyl (C=O) groups excluding carboxylic acids is 2. The van der Waals surface area contributed by atoms with Crippen LogP contribution in [0.4, 0.5) is 0 Å². The van der Waals surface area contributed by atoms with Gasteiger partial charge in [-0.3, -0.25) is 14.4 Å². The summed E-state index contributed by atoms with van der Waals surface area (Å²) in [5, 5.41) is 8.73. The Hall–Kier alpha value is -1.04. The molecule has 1 fully saturated rings. The van der Waals surface area contributed by atoms with Crippen molar-refractivity contribution in [2.24, 2.45) is 5.92 Å². The van der Waals surface area contributed by atoms with Crippen LogP contribution in [0.3, 0.4) is 0 Å². The molecular formula is C11H17NO4S. The number of hydrogen-bond acceptors (Lipinski definition) is 4. The molecule has 1 amide bonds. The van der Waals surface area contributed by atoms with Crippen molar-refractivity contribution in [2.75, 3.05) is 12.3 Å². The first-order chi connectivity index (χ1) is 7.91. The highest BCUT2D eigenvalue weighted by atomic mass is 32.2. The SMILES string of the molecule is CC(=O)SC[C@H](C)C(=O)N(CC(=O)O)C1CC1. The normalized spacial score (nSPS) is 16.4. The van der Waals surface area contributed by atoms with Crippen molar-refractivity contribution in [1.29, 1.82) is 0 Å². The molecule has 1 atom stereocenters. The summed E-state index contributed by atoms with van der Waals surface area (Å²) in [6.07, 6.45) is 1.76. The van der Waals surface area contributed by atoms with Gasteiger partial charge in [0.2, 0.25) is 5.91 Å². The molecule has 0 aromatic carbocycles. The van der Waals surface area contributed by atoms with Gasteiger partial charge < -0.3 is 10.0 Å². The molecule has 0 aliphatic heterocycles. The number of nitrogens with zero attached hydrogens (tertiary/aromatic N) is 1. The predicted octanol–water partition coefficient (Wildman–Crippen LogP) is 0.978. The predicted molar refractivity (Wildman–Crippen MR) is 64.7 cm³/mol. The lowest BCUT2D eigenvalue weighted by Crippen LogP contribution is -2.41. The van der Waals surface area contributed by atoms with E-state index in [1.165, 1.54) is 11.8 Å². The van der Waals surface area contributed by atoms with Gasteiger partial charge in [-0.1, -0.05) is 18.7 Å². The minimum atomic E-state index is -0.989. The summed E-state index contributed by atoms with van der Waals surface area (Å²) in [5.74, 6) is -1.05. The molecule has 5 nitrogen and oxygen atoms in total. The van der Waals surface area contributed by atoms with Crippen LogP contribution in [0, 0.1) is 5.92 Å². The van der Waals surface area contributed by atoms with Crippen LogP contribution in [-0.4, -0.2) is 45.3 Å². The van der Waals surface area contributed by atoms with Gasteiger partial charge in [0.1, 0.15) is 6.54 Å². The fraction of sp³-hybridized carbons (Fsp3) is 0.727. The van der Waals surface area contributed by atoms with E-state index in [1.54, 1.807) is 6.92 Å². The van der Waals surface area contributed by atoms with Gasteiger partial charge in [-0.05, 0) is 12.8 Å². The number of amides is 1. The molecule has 6 heteroatoms. The lowest BCUT2D eigenvalue weighted by atomic mass is 10.2. The van der Waals surface area contributed by atoms with Crippen molar-refractivity contribution in [1.82, 2.24) is 4.90 Å². The van der Waals surface area contributed by atoms with Crippen LogP contribution in [0.5, 0.6) is 0 Å². The third-order valence-corrected chi connectivity index (χ3v) is 3.61. The van der Waals surface area contributed by atoms with Crippen molar-refractivity contribution in [2.45, 2.75) is 32.7 Å². The minimum absolute atomic E-state index is 0.0270. The molecule has 1 saturated carbocycles. The Bertz CT molecular complexity index is 327. The van der Waals surface area contributed by atoms with E-state index in [4.69, 9.17) is 5.11 Å². The highest BCUT2D eigenvalue weighted by molar-refractivity contribution is 8.13. The second-order valence-electron chi connectivity index (χ2n) is 4.29. The molecule has 1 aliphatic rings. The van der Waals surface area contributed by atoms with Crippen LogP contribution < -0.4 is 0 Å². The standard InChI is InChI=1S/C11H17NO4S/c1-7(6-17-8(2)13)11(16)12(5-10(14)15)9-3-4-9/h7,9H,3-6H2,1-2H3,(H,14,15)/t7-/m0/s1. The van der Waals surface area contributed by atoms with Crippen molar-refractivity contribution in [3.63, 3.8) is 0 Å². The highest BCUT2D eigenvalue weighted by Crippen LogP contribution is 2.28. The van der Waals surface area contributed by atoms with Crippen molar-refractivity contribution < 1.29 is 19.5 Å². The zero-order chi connectivity index (χ0) is 13.0. The van der Waals surface area contributed by atoms with Gasteiger partial charge in [0, 0.05) is 24.6 Å². The number of rotatable bonds is 6. The summed E-state index contributed by atoms with van der Waals surface area (Å²) in [6, 6.07) is 0.0865. The molecule has 1 rings (SSSR count). The van der Waals surface area contributed by atoms with Gasteiger partial charge in [0.25, 0.3) is 0 Å². The molecule has 0 saturated heterocycles. The zero-order valence-corrected chi connectivity index (χ0v) is 10.8. The Labute approximate surface area is 105 Å². The molecule has 0 spiro atoms. The molecule has 0 radical (unpaired) electrons. The second-order valence-corrected chi connectivity index (χ2v) is 5.49. The molecule has 0 unspecified atom stereocenters. The second kappa shape index (κ2) is 6.05. The molecule has 96 valence electrons. The summed E-state index contributed by atoms with van der Waals surface area (Å²) >= 11 is 1.10. The van der Waals surface area contributed by atoms with Gasteiger partial charge in [-0.25, -0.2) is 0 Å². The number of aliphatic carboxylic acids is 1. The number of hydrogen-bond donors (Lipinski definition) is 1. The van der Waals surface area contributed by atoms with E-state index in [9.17, 15) is 14.4 Å². The zero-order valence-electron chi connectivity index (χ0n) is 10.0. The smallest absolute Gasteiger partial charge is 0.323 e. The molecule has 17 heavy (non-hydrogen) atoms. The Morgan fingerprint density at radius 3 is 2.41 bits per heavy atom. The van der Waals surface area contributed by atoms with Crippen LogP contribution in [0.15, 0.2) is 0 Å². The number of carboxylic acid groups (broad SMARTS) is 1. The summed E-state index contributed by atoms with van der Waals surface area (Å²) in [4.78, 5) is 34.9. The molecule has 1 N–H and O–H groups in total. The van der Waals surface area contributed by atoms with E-state index in [-0.39, 0.29) is 29.5 Å². The topological polar surface area (TPSA) is 74.7 Å². The summed E-state index contributed by atoms with van der Waals surface area (Å²) in [5.41, 5.74) is 0. The lowest BCUT2D eigenvalue weighted by molar-refractivity contribution is -0.146. The van der Waals surface area contributed by atoms with E-state index < -0.39 is 5.97 Å². The largest absolute Gasteiger partial charge is 0.480 e. The van der Waals surface area contributed by atoms with Crippen LogP contribution in [-0.2, 0) is 14.4 Å². The van der Waals surface area contributed by atoms with E-state index in [0.29, 0.717) is 5.75 Å². The van der Waals surface area contributed by atoms with E-state index >= 15 is 0 Å².